The van der Waals surface area contributed by atoms with E-state index in [-0.39, 0.29) is 5.56 Å². The molecule has 0 spiro atoms. The first kappa shape index (κ1) is 12.9. The van der Waals surface area contributed by atoms with Gasteiger partial charge in [0, 0.05) is 18.6 Å². The van der Waals surface area contributed by atoms with E-state index in [9.17, 15) is 9.18 Å². The molecule has 21 heavy (non-hydrogen) atoms. The Morgan fingerprint density at radius 2 is 1.95 bits per heavy atom. The molecule has 0 aromatic carbocycles. The SMILES string of the molecule is O=C(Nc1cnc(-n2ccnc2)nc1)c1ccncc1F. The van der Waals surface area contributed by atoms with Crippen molar-refractivity contribution in [1.29, 1.82) is 0 Å². The second-order valence-electron chi connectivity index (χ2n) is 4.05. The van der Waals surface area contributed by atoms with Crippen LogP contribution in [0.25, 0.3) is 5.95 Å². The molecule has 0 unspecified atom stereocenters. The molecule has 0 atom stereocenters. The highest BCUT2D eigenvalue weighted by Gasteiger charge is 2.12. The number of nitrogens with zero attached hydrogens (tertiary/aromatic N) is 5. The minimum atomic E-state index is -0.689. The van der Waals surface area contributed by atoms with Crippen molar-refractivity contribution in [2.75, 3.05) is 5.32 Å². The summed E-state index contributed by atoms with van der Waals surface area (Å²) in [7, 11) is 0. The molecule has 0 aliphatic rings. The lowest BCUT2D eigenvalue weighted by molar-refractivity contribution is 0.102. The number of imidazole rings is 1. The van der Waals surface area contributed by atoms with Crippen LogP contribution >= 0.6 is 0 Å². The number of hydrogen-bond donors (Lipinski definition) is 1. The molecule has 1 N–H and O–H groups in total. The van der Waals surface area contributed by atoms with Crippen LogP contribution in [0.2, 0.25) is 0 Å². The van der Waals surface area contributed by atoms with Crippen molar-refractivity contribution in [3.63, 3.8) is 0 Å². The van der Waals surface area contributed by atoms with Gasteiger partial charge in [-0.05, 0) is 6.07 Å². The number of anilines is 1. The van der Waals surface area contributed by atoms with Crippen LogP contribution in [0.5, 0.6) is 0 Å². The number of halogens is 1. The van der Waals surface area contributed by atoms with Crippen LogP contribution in [0.1, 0.15) is 10.4 Å². The van der Waals surface area contributed by atoms with Crippen LogP contribution in [0.4, 0.5) is 10.1 Å². The van der Waals surface area contributed by atoms with E-state index >= 15 is 0 Å². The predicted molar refractivity (Wildman–Crippen MR) is 71.3 cm³/mol. The minimum absolute atomic E-state index is 0.0938. The number of rotatable bonds is 3. The molecule has 0 bridgehead atoms. The molecule has 3 aromatic heterocycles. The van der Waals surface area contributed by atoms with Crippen molar-refractivity contribution in [2.45, 2.75) is 0 Å². The van der Waals surface area contributed by atoms with Crippen molar-refractivity contribution in [2.24, 2.45) is 0 Å². The Labute approximate surface area is 118 Å². The molecule has 3 aromatic rings. The Morgan fingerprint density at radius 1 is 1.14 bits per heavy atom. The molecule has 8 heteroatoms. The molecule has 104 valence electrons. The summed E-state index contributed by atoms with van der Waals surface area (Å²) in [5, 5.41) is 2.51. The summed E-state index contributed by atoms with van der Waals surface area (Å²) in [6.45, 7) is 0. The first-order valence-corrected chi connectivity index (χ1v) is 5.95. The highest BCUT2D eigenvalue weighted by atomic mass is 19.1. The quantitative estimate of drug-likeness (QED) is 0.786. The lowest BCUT2D eigenvalue weighted by Gasteiger charge is -2.06. The van der Waals surface area contributed by atoms with Crippen LogP contribution in [0, 0.1) is 5.82 Å². The third-order valence-electron chi connectivity index (χ3n) is 2.65. The van der Waals surface area contributed by atoms with E-state index in [1.165, 1.54) is 24.7 Å². The molecule has 3 heterocycles. The maximum Gasteiger partial charge on any atom is 0.258 e. The molecular weight excluding hydrogens is 275 g/mol. The number of aromatic nitrogens is 5. The molecule has 0 aliphatic carbocycles. The van der Waals surface area contributed by atoms with Gasteiger partial charge in [0.25, 0.3) is 5.91 Å². The second-order valence-corrected chi connectivity index (χ2v) is 4.05. The zero-order valence-corrected chi connectivity index (χ0v) is 10.6. The molecule has 1 amide bonds. The highest BCUT2D eigenvalue weighted by molar-refractivity contribution is 6.04. The summed E-state index contributed by atoms with van der Waals surface area (Å²) >= 11 is 0. The van der Waals surface area contributed by atoms with E-state index in [0.717, 1.165) is 6.20 Å². The second kappa shape index (κ2) is 5.45. The number of carbonyl (C=O) groups is 1. The van der Waals surface area contributed by atoms with Gasteiger partial charge >= 0.3 is 0 Å². The molecule has 0 aliphatic heterocycles. The lowest BCUT2D eigenvalue weighted by atomic mass is 10.2. The van der Waals surface area contributed by atoms with Crippen LogP contribution in [0.15, 0.2) is 49.6 Å². The number of nitrogens with one attached hydrogen (secondary N) is 1. The zero-order chi connectivity index (χ0) is 14.7. The summed E-state index contributed by atoms with van der Waals surface area (Å²) in [6, 6.07) is 1.30. The van der Waals surface area contributed by atoms with Gasteiger partial charge in [0.05, 0.1) is 29.8 Å². The number of hydrogen-bond acceptors (Lipinski definition) is 5. The zero-order valence-electron chi connectivity index (χ0n) is 10.6. The number of carbonyl (C=O) groups excluding carboxylic acids is 1. The van der Waals surface area contributed by atoms with Crippen molar-refractivity contribution < 1.29 is 9.18 Å². The molecule has 0 saturated heterocycles. The van der Waals surface area contributed by atoms with Gasteiger partial charge in [-0.2, -0.15) is 0 Å². The molecular formula is C13H9FN6O. The fourth-order valence-electron chi connectivity index (χ4n) is 1.65. The topological polar surface area (TPSA) is 85.6 Å². The summed E-state index contributed by atoms with van der Waals surface area (Å²) < 4.78 is 15.0. The van der Waals surface area contributed by atoms with Crippen molar-refractivity contribution in [3.05, 3.63) is 61.0 Å². The highest BCUT2D eigenvalue weighted by Crippen LogP contribution is 2.10. The fourth-order valence-corrected chi connectivity index (χ4v) is 1.65. The average molecular weight is 284 g/mol. The van der Waals surface area contributed by atoms with Gasteiger partial charge in [0.1, 0.15) is 6.33 Å². The van der Waals surface area contributed by atoms with Gasteiger partial charge < -0.3 is 5.32 Å². The lowest BCUT2D eigenvalue weighted by Crippen LogP contribution is -2.14. The maximum absolute atomic E-state index is 13.4. The largest absolute Gasteiger partial charge is 0.319 e. The maximum atomic E-state index is 13.4. The smallest absolute Gasteiger partial charge is 0.258 e. The van der Waals surface area contributed by atoms with Crippen LogP contribution in [-0.4, -0.2) is 30.4 Å². The Balaban J connectivity index is 1.77. The Hall–Kier alpha value is -3.16. The number of pyridine rings is 1. The third-order valence-corrected chi connectivity index (χ3v) is 2.65. The van der Waals surface area contributed by atoms with Crippen molar-refractivity contribution in [3.8, 4) is 5.95 Å². The van der Waals surface area contributed by atoms with Crippen molar-refractivity contribution >= 4 is 11.6 Å². The van der Waals surface area contributed by atoms with E-state index in [4.69, 9.17) is 0 Å². The molecule has 3 rings (SSSR count). The Kier molecular flexibility index (Phi) is 3.34. The van der Waals surface area contributed by atoms with Gasteiger partial charge in [0.2, 0.25) is 5.95 Å². The first-order valence-electron chi connectivity index (χ1n) is 5.95. The van der Waals surface area contributed by atoms with Crippen LogP contribution in [-0.2, 0) is 0 Å². The van der Waals surface area contributed by atoms with Crippen LogP contribution in [0.3, 0.4) is 0 Å². The van der Waals surface area contributed by atoms with Crippen LogP contribution < -0.4 is 5.32 Å². The normalized spacial score (nSPS) is 10.3. The van der Waals surface area contributed by atoms with Gasteiger partial charge in [0.15, 0.2) is 5.82 Å². The molecule has 7 nitrogen and oxygen atoms in total. The predicted octanol–water partition coefficient (Wildman–Crippen LogP) is 1.45. The average Bonchev–Trinajstić information content (AvgIpc) is 3.02. The van der Waals surface area contributed by atoms with E-state index in [2.05, 4.69) is 25.3 Å². The summed E-state index contributed by atoms with van der Waals surface area (Å²) in [4.78, 5) is 27.5. The van der Waals surface area contributed by atoms with Gasteiger partial charge in [-0.1, -0.05) is 0 Å². The summed E-state index contributed by atoms with van der Waals surface area (Å²) in [6.07, 6.45) is 10.0. The summed E-state index contributed by atoms with van der Waals surface area (Å²) in [5.74, 6) is -0.861. The van der Waals surface area contributed by atoms with E-state index in [1.54, 1.807) is 23.3 Å². The van der Waals surface area contributed by atoms with Gasteiger partial charge in [-0.15, -0.1) is 0 Å². The van der Waals surface area contributed by atoms with Gasteiger partial charge in [-0.25, -0.2) is 19.3 Å². The number of amides is 1. The molecule has 0 saturated carbocycles. The standard InChI is InChI=1S/C13H9FN6O/c14-11-7-15-2-1-10(11)12(21)19-9-5-17-13(18-6-9)20-4-3-16-8-20/h1-8H,(H,19,21). The van der Waals surface area contributed by atoms with E-state index in [0.29, 0.717) is 11.6 Å². The minimum Gasteiger partial charge on any atom is -0.319 e. The Morgan fingerprint density at radius 3 is 2.62 bits per heavy atom. The first-order chi connectivity index (χ1) is 10.2. The fraction of sp³-hybridized carbons (Fsp3) is 0. The van der Waals surface area contributed by atoms with Crippen molar-refractivity contribution in [1.82, 2.24) is 24.5 Å². The molecule has 0 radical (unpaired) electrons. The van der Waals surface area contributed by atoms with E-state index < -0.39 is 11.7 Å². The molecule has 0 fully saturated rings. The monoisotopic (exact) mass is 284 g/mol. The summed E-state index contributed by atoms with van der Waals surface area (Å²) in [5.41, 5.74) is 0.267. The third kappa shape index (κ3) is 2.73. The van der Waals surface area contributed by atoms with Gasteiger partial charge in [-0.3, -0.25) is 14.3 Å². The Bertz CT molecular complexity index is 757. The van der Waals surface area contributed by atoms with E-state index in [1.807, 2.05) is 0 Å².